The van der Waals surface area contributed by atoms with Crippen LogP contribution in [0.3, 0.4) is 0 Å². The van der Waals surface area contributed by atoms with Crippen LogP contribution in [0.2, 0.25) is 0 Å². The molecule has 0 unspecified atom stereocenters. The van der Waals surface area contributed by atoms with Crippen molar-refractivity contribution in [1.29, 1.82) is 0 Å². The van der Waals surface area contributed by atoms with Crippen LogP contribution < -0.4 is 0 Å². The van der Waals surface area contributed by atoms with Crippen molar-refractivity contribution in [2.75, 3.05) is 7.11 Å². The second-order valence-electron chi connectivity index (χ2n) is 3.86. The predicted octanol–water partition coefficient (Wildman–Crippen LogP) is 2.03. The normalized spacial score (nSPS) is 10.3. The van der Waals surface area contributed by atoms with Crippen LogP contribution in [0.1, 0.15) is 26.4 Å². The van der Waals surface area contributed by atoms with Crippen LogP contribution in [-0.4, -0.2) is 29.1 Å². The summed E-state index contributed by atoms with van der Waals surface area (Å²) in [4.78, 5) is 26.5. The number of aryl methyl sites for hydroxylation is 1. The molecule has 0 radical (unpaired) electrons. The van der Waals surface area contributed by atoms with Gasteiger partial charge in [-0.15, -0.1) is 0 Å². The second-order valence-corrected chi connectivity index (χ2v) is 3.86. The summed E-state index contributed by atoms with van der Waals surface area (Å²) >= 11 is 0. The number of methoxy groups -OCH3 is 1. The lowest BCUT2D eigenvalue weighted by atomic mass is 10.1. The number of carbonyl (C=O) groups excluding carboxylic acids is 1. The molecule has 0 saturated heterocycles. The zero-order valence-electron chi connectivity index (χ0n) is 9.93. The molecule has 0 aliphatic rings. The Kier molecular flexibility index (Phi) is 2.97. The Hall–Kier alpha value is -2.43. The minimum atomic E-state index is -0.994. The predicted molar refractivity (Wildman–Crippen MR) is 64.8 cm³/mol. The van der Waals surface area contributed by atoms with Crippen molar-refractivity contribution < 1.29 is 19.4 Å². The Bertz CT molecular complexity index is 649. The highest BCUT2D eigenvalue weighted by Gasteiger charge is 2.13. The Labute approximate surface area is 103 Å². The monoisotopic (exact) mass is 245 g/mol. The zero-order chi connectivity index (χ0) is 13.3. The third kappa shape index (κ3) is 2.02. The van der Waals surface area contributed by atoms with E-state index in [0.29, 0.717) is 16.5 Å². The van der Waals surface area contributed by atoms with E-state index in [0.717, 1.165) is 0 Å². The van der Waals surface area contributed by atoms with E-state index >= 15 is 0 Å². The molecular formula is C13H11NO4. The maximum atomic E-state index is 11.5. The molecule has 0 aliphatic carbocycles. The molecule has 1 aromatic heterocycles. The van der Waals surface area contributed by atoms with Gasteiger partial charge in [0.1, 0.15) is 0 Å². The molecule has 0 fully saturated rings. The van der Waals surface area contributed by atoms with Gasteiger partial charge in [-0.3, -0.25) is 0 Å². The van der Waals surface area contributed by atoms with Gasteiger partial charge in [-0.25, -0.2) is 14.6 Å². The first kappa shape index (κ1) is 12.0. The summed E-state index contributed by atoms with van der Waals surface area (Å²) in [6, 6.07) is 6.28. The molecule has 18 heavy (non-hydrogen) atoms. The number of carbonyl (C=O) groups is 2. The van der Waals surface area contributed by atoms with Gasteiger partial charge in [-0.2, -0.15) is 0 Å². The quantitative estimate of drug-likeness (QED) is 0.819. The third-order valence-corrected chi connectivity index (χ3v) is 2.63. The van der Waals surface area contributed by atoms with Gasteiger partial charge in [0.15, 0.2) is 5.69 Å². The molecule has 1 heterocycles. The molecule has 0 saturated carbocycles. The average molecular weight is 245 g/mol. The van der Waals surface area contributed by atoms with E-state index in [1.165, 1.54) is 19.2 Å². The number of hydrogen-bond acceptors (Lipinski definition) is 4. The van der Waals surface area contributed by atoms with E-state index in [1.54, 1.807) is 19.1 Å². The summed E-state index contributed by atoms with van der Waals surface area (Å²) in [6.45, 7) is 1.73. The first-order chi connectivity index (χ1) is 8.52. The highest BCUT2D eigenvalue weighted by atomic mass is 16.5. The topological polar surface area (TPSA) is 76.5 Å². The number of carboxylic acid groups (broad SMARTS) is 1. The molecular weight excluding hydrogens is 234 g/mol. The van der Waals surface area contributed by atoms with E-state index in [1.807, 2.05) is 0 Å². The SMILES string of the molecule is COC(=O)c1nc2ccc(C(=O)O)cc2cc1C. The number of aromatic carboxylic acids is 1. The fourth-order valence-electron chi connectivity index (χ4n) is 1.72. The number of nitrogens with zero attached hydrogens (tertiary/aromatic N) is 1. The van der Waals surface area contributed by atoms with Crippen LogP contribution in [0.25, 0.3) is 10.9 Å². The Morgan fingerprint density at radius 1 is 1.28 bits per heavy atom. The molecule has 5 heteroatoms. The average Bonchev–Trinajstić information content (AvgIpc) is 2.36. The van der Waals surface area contributed by atoms with Gasteiger partial charge in [0.25, 0.3) is 0 Å². The highest BCUT2D eigenvalue weighted by Crippen LogP contribution is 2.18. The minimum absolute atomic E-state index is 0.189. The first-order valence-corrected chi connectivity index (χ1v) is 5.26. The molecule has 2 rings (SSSR count). The summed E-state index contributed by atoms with van der Waals surface area (Å²) in [5.41, 5.74) is 1.64. The maximum Gasteiger partial charge on any atom is 0.356 e. The van der Waals surface area contributed by atoms with Crippen molar-refractivity contribution in [2.24, 2.45) is 0 Å². The van der Waals surface area contributed by atoms with Crippen molar-refractivity contribution in [3.63, 3.8) is 0 Å². The van der Waals surface area contributed by atoms with Crippen molar-refractivity contribution >= 4 is 22.8 Å². The molecule has 1 N–H and O–H groups in total. The number of ether oxygens (including phenoxy) is 1. The lowest BCUT2D eigenvalue weighted by molar-refractivity contribution is 0.0592. The molecule has 0 bridgehead atoms. The lowest BCUT2D eigenvalue weighted by Crippen LogP contribution is -2.07. The molecule has 0 amide bonds. The molecule has 5 nitrogen and oxygen atoms in total. The fraction of sp³-hybridized carbons (Fsp3) is 0.154. The van der Waals surface area contributed by atoms with Crippen molar-refractivity contribution in [3.05, 3.63) is 41.1 Å². The molecule has 0 aliphatic heterocycles. The number of aromatic nitrogens is 1. The first-order valence-electron chi connectivity index (χ1n) is 5.26. The van der Waals surface area contributed by atoms with Crippen LogP contribution in [-0.2, 0) is 4.74 Å². The number of carboxylic acids is 1. The molecule has 1 aromatic carbocycles. The number of benzene rings is 1. The Balaban J connectivity index is 2.64. The van der Waals surface area contributed by atoms with Gasteiger partial charge in [-0.1, -0.05) is 0 Å². The maximum absolute atomic E-state index is 11.5. The number of hydrogen-bond donors (Lipinski definition) is 1. The van der Waals surface area contributed by atoms with E-state index in [-0.39, 0.29) is 11.3 Å². The number of pyridine rings is 1. The van der Waals surface area contributed by atoms with Gasteiger partial charge in [0.05, 0.1) is 18.2 Å². The fourth-order valence-corrected chi connectivity index (χ4v) is 1.72. The largest absolute Gasteiger partial charge is 0.478 e. The van der Waals surface area contributed by atoms with E-state index in [9.17, 15) is 9.59 Å². The van der Waals surface area contributed by atoms with Crippen LogP contribution in [0.5, 0.6) is 0 Å². The van der Waals surface area contributed by atoms with Crippen LogP contribution in [0.4, 0.5) is 0 Å². The second kappa shape index (κ2) is 4.44. The zero-order valence-corrected chi connectivity index (χ0v) is 9.93. The summed E-state index contributed by atoms with van der Waals surface area (Å²) < 4.78 is 4.63. The Morgan fingerprint density at radius 2 is 2.00 bits per heavy atom. The third-order valence-electron chi connectivity index (χ3n) is 2.63. The molecule has 0 atom stereocenters. The van der Waals surface area contributed by atoms with E-state index < -0.39 is 11.9 Å². The van der Waals surface area contributed by atoms with Crippen molar-refractivity contribution in [2.45, 2.75) is 6.92 Å². The van der Waals surface area contributed by atoms with Gasteiger partial charge in [-0.05, 0) is 36.8 Å². The number of rotatable bonds is 2. The van der Waals surface area contributed by atoms with Crippen molar-refractivity contribution in [1.82, 2.24) is 4.98 Å². The minimum Gasteiger partial charge on any atom is -0.478 e. The number of fused-ring (bicyclic) bond motifs is 1. The summed E-state index contributed by atoms with van der Waals surface area (Å²) in [7, 11) is 1.29. The van der Waals surface area contributed by atoms with E-state index in [2.05, 4.69) is 9.72 Å². The lowest BCUT2D eigenvalue weighted by Gasteiger charge is -2.06. The molecule has 2 aromatic rings. The standard InChI is InChI=1S/C13H11NO4/c1-7-5-9-6-8(12(15)16)3-4-10(9)14-11(7)13(17)18-2/h3-6H,1-2H3,(H,15,16). The van der Waals surface area contributed by atoms with Crippen LogP contribution >= 0.6 is 0 Å². The molecule has 0 spiro atoms. The van der Waals surface area contributed by atoms with Gasteiger partial charge < -0.3 is 9.84 Å². The van der Waals surface area contributed by atoms with E-state index in [4.69, 9.17) is 5.11 Å². The number of esters is 1. The van der Waals surface area contributed by atoms with Gasteiger partial charge in [0, 0.05) is 5.39 Å². The summed E-state index contributed by atoms with van der Waals surface area (Å²) in [6.07, 6.45) is 0. The van der Waals surface area contributed by atoms with Gasteiger partial charge >= 0.3 is 11.9 Å². The van der Waals surface area contributed by atoms with Gasteiger partial charge in [0.2, 0.25) is 0 Å². The Morgan fingerprint density at radius 3 is 2.61 bits per heavy atom. The highest BCUT2D eigenvalue weighted by molar-refractivity contribution is 5.96. The van der Waals surface area contributed by atoms with Crippen LogP contribution in [0, 0.1) is 6.92 Å². The van der Waals surface area contributed by atoms with Crippen LogP contribution in [0.15, 0.2) is 24.3 Å². The summed E-state index contributed by atoms with van der Waals surface area (Å²) in [5.74, 6) is -1.50. The molecule has 92 valence electrons. The smallest absolute Gasteiger partial charge is 0.356 e. The summed E-state index contributed by atoms with van der Waals surface area (Å²) in [5, 5.41) is 9.58. The van der Waals surface area contributed by atoms with Crippen molar-refractivity contribution in [3.8, 4) is 0 Å².